The number of halogens is 1. The summed E-state index contributed by atoms with van der Waals surface area (Å²) in [6, 6.07) is 14.7. The van der Waals surface area contributed by atoms with Gasteiger partial charge in [0, 0.05) is 29.8 Å². The van der Waals surface area contributed by atoms with Crippen LogP contribution in [0.3, 0.4) is 0 Å². The fourth-order valence-electron chi connectivity index (χ4n) is 3.56. The van der Waals surface area contributed by atoms with Gasteiger partial charge < -0.3 is 4.90 Å². The lowest BCUT2D eigenvalue weighted by molar-refractivity contribution is 0.351. The van der Waals surface area contributed by atoms with Crippen molar-refractivity contribution in [3.63, 3.8) is 0 Å². The van der Waals surface area contributed by atoms with Crippen LogP contribution in [0.1, 0.15) is 31.2 Å². The largest absolute Gasteiger partial charge is 0.370 e. The quantitative estimate of drug-likeness (QED) is 0.821. The first kappa shape index (κ1) is 19.2. The number of hydrogen-bond acceptors (Lipinski definition) is 3. The molecule has 26 heavy (non-hydrogen) atoms. The van der Waals surface area contributed by atoms with Gasteiger partial charge in [-0.2, -0.15) is 0 Å². The number of benzene rings is 2. The van der Waals surface area contributed by atoms with E-state index in [1.807, 2.05) is 7.05 Å². The van der Waals surface area contributed by atoms with Gasteiger partial charge in [0.25, 0.3) is 0 Å². The Hall–Kier alpha value is -1.56. The van der Waals surface area contributed by atoms with E-state index >= 15 is 0 Å². The van der Waals surface area contributed by atoms with Crippen molar-refractivity contribution in [2.24, 2.45) is 0 Å². The predicted octanol–water partition coefficient (Wildman–Crippen LogP) is 4.37. The second-order valence-electron chi connectivity index (χ2n) is 6.98. The number of nitrogens with zero attached hydrogens (tertiary/aromatic N) is 1. The van der Waals surface area contributed by atoms with Crippen molar-refractivity contribution < 1.29 is 8.42 Å². The van der Waals surface area contributed by atoms with Gasteiger partial charge in [-0.05, 0) is 56.2 Å². The van der Waals surface area contributed by atoms with E-state index in [9.17, 15) is 8.42 Å². The molecule has 0 radical (unpaired) electrons. The maximum Gasteiger partial charge on any atom is 0.240 e. The van der Waals surface area contributed by atoms with Crippen LogP contribution in [0.5, 0.6) is 0 Å². The number of sulfonamides is 1. The van der Waals surface area contributed by atoms with Gasteiger partial charge >= 0.3 is 0 Å². The number of nitrogens with one attached hydrogen (secondary N) is 1. The van der Waals surface area contributed by atoms with Gasteiger partial charge in [0.1, 0.15) is 0 Å². The zero-order valence-electron chi connectivity index (χ0n) is 15.2. The molecule has 2 atom stereocenters. The molecule has 1 saturated carbocycles. The van der Waals surface area contributed by atoms with Crippen LogP contribution in [-0.2, 0) is 10.0 Å². The van der Waals surface area contributed by atoms with E-state index in [-0.39, 0.29) is 17.0 Å². The molecule has 140 valence electrons. The van der Waals surface area contributed by atoms with E-state index in [4.69, 9.17) is 11.6 Å². The summed E-state index contributed by atoms with van der Waals surface area (Å²) in [6.07, 6.45) is 3.96. The average Bonchev–Trinajstić information content (AvgIpc) is 2.62. The molecule has 1 N–H and O–H groups in total. The first-order chi connectivity index (χ1) is 12.4. The van der Waals surface area contributed by atoms with E-state index in [2.05, 4.69) is 40.8 Å². The van der Waals surface area contributed by atoms with Crippen molar-refractivity contribution in [3.05, 3.63) is 59.1 Å². The minimum atomic E-state index is -3.57. The predicted molar refractivity (Wildman–Crippen MR) is 107 cm³/mol. The number of likely N-dealkylation sites (N-methyl/N-ethyl adjacent to an activating group) is 1. The third-order valence-electron chi connectivity index (χ3n) is 5.10. The van der Waals surface area contributed by atoms with Gasteiger partial charge in [-0.15, -0.1) is 0 Å². The number of hydrogen-bond donors (Lipinski definition) is 1. The molecule has 0 aromatic heterocycles. The highest BCUT2D eigenvalue weighted by Crippen LogP contribution is 2.28. The molecule has 0 unspecified atom stereocenters. The van der Waals surface area contributed by atoms with Crippen LogP contribution in [0.2, 0.25) is 5.02 Å². The summed E-state index contributed by atoms with van der Waals surface area (Å²) in [6.45, 7) is 2.06. The minimum absolute atomic E-state index is 0.115. The van der Waals surface area contributed by atoms with Crippen LogP contribution < -0.4 is 9.62 Å². The van der Waals surface area contributed by atoms with Crippen LogP contribution in [0, 0.1) is 6.92 Å². The molecule has 0 spiro atoms. The van der Waals surface area contributed by atoms with Crippen LogP contribution >= 0.6 is 11.6 Å². The van der Waals surface area contributed by atoms with Crippen molar-refractivity contribution in [2.45, 2.75) is 49.6 Å². The summed E-state index contributed by atoms with van der Waals surface area (Å²) < 4.78 is 28.5. The van der Waals surface area contributed by atoms with Crippen molar-refractivity contribution >= 4 is 27.3 Å². The first-order valence-electron chi connectivity index (χ1n) is 8.94. The average molecular weight is 393 g/mol. The molecule has 4 nitrogen and oxygen atoms in total. The highest BCUT2D eigenvalue weighted by molar-refractivity contribution is 7.89. The van der Waals surface area contributed by atoms with Crippen LogP contribution in [-0.4, -0.2) is 27.5 Å². The second kappa shape index (κ2) is 7.99. The summed E-state index contributed by atoms with van der Waals surface area (Å²) in [7, 11) is -1.52. The molecule has 1 fully saturated rings. The molecular formula is C20H25ClN2O2S. The van der Waals surface area contributed by atoms with Gasteiger partial charge in [-0.1, -0.05) is 42.1 Å². The highest BCUT2D eigenvalue weighted by Gasteiger charge is 2.32. The molecule has 0 amide bonds. The molecular weight excluding hydrogens is 368 g/mol. The summed E-state index contributed by atoms with van der Waals surface area (Å²) in [5.41, 5.74) is 2.32. The second-order valence-corrected chi connectivity index (χ2v) is 9.13. The highest BCUT2D eigenvalue weighted by atomic mass is 35.5. The van der Waals surface area contributed by atoms with E-state index in [1.165, 1.54) is 5.56 Å². The van der Waals surface area contributed by atoms with Crippen molar-refractivity contribution in [1.82, 2.24) is 4.72 Å². The van der Waals surface area contributed by atoms with Gasteiger partial charge in [-0.3, -0.25) is 0 Å². The topological polar surface area (TPSA) is 49.4 Å². The lowest BCUT2D eigenvalue weighted by Gasteiger charge is -2.39. The molecule has 1 aliphatic rings. The van der Waals surface area contributed by atoms with Gasteiger partial charge in [0.15, 0.2) is 0 Å². The summed E-state index contributed by atoms with van der Waals surface area (Å²) in [5, 5.41) is 0.526. The van der Waals surface area contributed by atoms with Crippen molar-refractivity contribution in [2.75, 3.05) is 11.9 Å². The number of rotatable bonds is 5. The first-order valence-corrected chi connectivity index (χ1v) is 10.8. The molecule has 0 aliphatic heterocycles. The van der Waals surface area contributed by atoms with Crippen molar-refractivity contribution in [1.29, 1.82) is 0 Å². The molecule has 0 bridgehead atoms. The summed E-state index contributed by atoms with van der Waals surface area (Å²) in [4.78, 5) is 2.46. The maximum absolute atomic E-state index is 12.8. The lowest BCUT2D eigenvalue weighted by atomic mass is 9.90. The van der Waals surface area contributed by atoms with Crippen LogP contribution in [0.15, 0.2) is 53.4 Å². The van der Waals surface area contributed by atoms with E-state index in [1.54, 1.807) is 24.3 Å². The maximum atomic E-state index is 12.8. The smallest absolute Gasteiger partial charge is 0.240 e. The van der Waals surface area contributed by atoms with Gasteiger partial charge in [0.2, 0.25) is 10.0 Å². The zero-order valence-corrected chi connectivity index (χ0v) is 16.7. The van der Waals surface area contributed by atoms with Crippen LogP contribution in [0.25, 0.3) is 0 Å². The fourth-order valence-corrected chi connectivity index (χ4v) is 4.99. The van der Waals surface area contributed by atoms with Gasteiger partial charge in [-0.25, -0.2) is 13.1 Å². The summed E-state index contributed by atoms with van der Waals surface area (Å²) >= 11 is 5.88. The Morgan fingerprint density at radius 2 is 1.62 bits per heavy atom. The normalized spacial score (nSPS) is 20.7. The SMILES string of the molecule is Cc1ccc(N(C)[C@@H]2CCCC[C@H]2NS(=O)(=O)c2ccc(Cl)cc2)cc1. The minimum Gasteiger partial charge on any atom is -0.370 e. The lowest BCUT2D eigenvalue weighted by Crippen LogP contribution is -2.52. The number of aryl methyl sites for hydroxylation is 1. The Morgan fingerprint density at radius 3 is 2.27 bits per heavy atom. The summed E-state index contributed by atoms with van der Waals surface area (Å²) in [5.74, 6) is 0. The van der Waals surface area contributed by atoms with Gasteiger partial charge in [0.05, 0.1) is 4.90 Å². The molecule has 0 saturated heterocycles. The Bertz CT molecular complexity index is 835. The Balaban J connectivity index is 1.80. The Kier molecular flexibility index (Phi) is 5.90. The van der Waals surface area contributed by atoms with Crippen molar-refractivity contribution in [3.8, 4) is 0 Å². The Morgan fingerprint density at radius 1 is 1.00 bits per heavy atom. The number of anilines is 1. The van der Waals surface area contributed by atoms with Crippen LogP contribution in [0.4, 0.5) is 5.69 Å². The Labute approximate surface area is 161 Å². The molecule has 3 rings (SSSR count). The van der Waals surface area contributed by atoms with E-state index in [0.29, 0.717) is 5.02 Å². The molecule has 1 aliphatic carbocycles. The standard InChI is InChI=1S/C20H25ClN2O2S/c1-15-7-11-17(12-8-15)23(2)20-6-4-3-5-19(20)22-26(24,25)18-13-9-16(21)10-14-18/h7-14,19-20,22H,3-6H2,1-2H3/t19-,20-/m1/s1. The molecule has 6 heteroatoms. The molecule has 2 aromatic carbocycles. The van der Waals surface area contributed by atoms with E-state index in [0.717, 1.165) is 31.4 Å². The third-order valence-corrected chi connectivity index (χ3v) is 6.86. The fraction of sp³-hybridized carbons (Fsp3) is 0.400. The third kappa shape index (κ3) is 4.40. The molecule has 0 heterocycles. The monoisotopic (exact) mass is 392 g/mol. The molecule has 2 aromatic rings. The van der Waals surface area contributed by atoms with E-state index < -0.39 is 10.0 Å². The zero-order chi connectivity index (χ0) is 18.7.